The first-order chi connectivity index (χ1) is 9.54. The number of benzene rings is 2. The zero-order valence-electron chi connectivity index (χ0n) is 10.5. The molecule has 0 aliphatic carbocycles. The standard InChI is InChI=1S/C15H12Cl2O2S/c16-12-5-6-14(13(17)8-12)20-9-11-3-1-10(2-4-11)7-15(18)19/h1-6,8H,7,9H2,(H,18,19). The van der Waals surface area contributed by atoms with E-state index in [4.69, 9.17) is 28.3 Å². The van der Waals surface area contributed by atoms with Crippen molar-refractivity contribution in [2.45, 2.75) is 17.1 Å². The van der Waals surface area contributed by atoms with E-state index in [9.17, 15) is 4.79 Å². The summed E-state index contributed by atoms with van der Waals surface area (Å²) in [6, 6.07) is 13.0. The Kier molecular flexibility index (Phi) is 5.35. The Balaban J connectivity index is 1.98. The van der Waals surface area contributed by atoms with Gasteiger partial charge in [-0.2, -0.15) is 0 Å². The molecule has 0 aromatic heterocycles. The molecule has 2 rings (SSSR count). The molecular weight excluding hydrogens is 315 g/mol. The highest BCUT2D eigenvalue weighted by atomic mass is 35.5. The molecule has 2 aromatic rings. The van der Waals surface area contributed by atoms with E-state index in [2.05, 4.69) is 0 Å². The molecule has 0 fully saturated rings. The summed E-state index contributed by atoms with van der Waals surface area (Å²) < 4.78 is 0. The van der Waals surface area contributed by atoms with Crippen LogP contribution in [0.15, 0.2) is 47.4 Å². The molecule has 0 heterocycles. The highest BCUT2D eigenvalue weighted by Gasteiger charge is 2.04. The molecule has 0 amide bonds. The normalized spacial score (nSPS) is 10.5. The molecule has 0 spiro atoms. The van der Waals surface area contributed by atoms with Gasteiger partial charge < -0.3 is 5.11 Å². The van der Waals surface area contributed by atoms with Crippen LogP contribution in [0.3, 0.4) is 0 Å². The zero-order valence-corrected chi connectivity index (χ0v) is 12.8. The van der Waals surface area contributed by atoms with Gasteiger partial charge >= 0.3 is 5.97 Å². The molecule has 0 aliphatic rings. The lowest BCUT2D eigenvalue weighted by molar-refractivity contribution is -0.136. The van der Waals surface area contributed by atoms with Crippen LogP contribution in [0.1, 0.15) is 11.1 Å². The summed E-state index contributed by atoms with van der Waals surface area (Å²) in [5.74, 6) is -0.0469. The van der Waals surface area contributed by atoms with E-state index < -0.39 is 5.97 Å². The van der Waals surface area contributed by atoms with Crippen molar-refractivity contribution in [1.82, 2.24) is 0 Å². The topological polar surface area (TPSA) is 37.3 Å². The number of hydrogen-bond acceptors (Lipinski definition) is 2. The molecule has 0 atom stereocenters. The van der Waals surface area contributed by atoms with Crippen molar-refractivity contribution in [3.05, 3.63) is 63.6 Å². The molecule has 2 aromatic carbocycles. The highest BCUT2D eigenvalue weighted by Crippen LogP contribution is 2.31. The number of thioether (sulfide) groups is 1. The van der Waals surface area contributed by atoms with Crippen LogP contribution in [0, 0.1) is 0 Å². The molecular formula is C15H12Cl2O2S. The van der Waals surface area contributed by atoms with Crippen molar-refractivity contribution in [3.63, 3.8) is 0 Å². The smallest absolute Gasteiger partial charge is 0.307 e. The highest BCUT2D eigenvalue weighted by molar-refractivity contribution is 7.98. The van der Waals surface area contributed by atoms with Crippen molar-refractivity contribution >= 4 is 40.9 Å². The quantitative estimate of drug-likeness (QED) is 0.793. The monoisotopic (exact) mass is 326 g/mol. The van der Waals surface area contributed by atoms with E-state index in [1.807, 2.05) is 36.4 Å². The second-order valence-corrected chi connectivity index (χ2v) is 6.11. The molecule has 0 saturated carbocycles. The lowest BCUT2D eigenvalue weighted by Gasteiger charge is -2.05. The van der Waals surface area contributed by atoms with Crippen LogP contribution in [0.25, 0.3) is 0 Å². The third-order valence-corrected chi connectivity index (χ3v) is 4.47. The summed E-state index contributed by atoms with van der Waals surface area (Å²) >= 11 is 13.6. The molecule has 0 aliphatic heterocycles. The van der Waals surface area contributed by atoms with Crippen molar-refractivity contribution in [1.29, 1.82) is 0 Å². The van der Waals surface area contributed by atoms with Crippen molar-refractivity contribution in [2.75, 3.05) is 0 Å². The van der Waals surface area contributed by atoms with Gasteiger partial charge in [-0.25, -0.2) is 0 Å². The van der Waals surface area contributed by atoms with E-state index in [1.54, 1.807) is 17.8 Å². The van der Waals surface area contributed by atoms with Crippen LogP contribution in [0.2, 0.25) is 10.0 Å². The molecule has 0 bridgehead atoms. The Morgan fingerprint density at radius 1 is 1.05 bits per heavy atom. The Hall–Kier alpha value is -1.16. The largest absolute Gasteiger partial charge is 0.481 e. The van der Waals surface area contributed by atoms with Crippen molar-refractivity contribution < 1.29 is 9.90 Å². The average molecular weight is 327 g/mol. The fourth-order valence-electron chi connectivity index (χ4n) is 1.68. The molecule has 5 heteroatoms. The summed E-state index contributed by atoms with van der Waals surface area (Å²) in [6.45, 7) is 0. The lowest BCUT2D eigenvalue weighted by atomic mass is 10.1. The van der Waals surface area contributed by atoms with Crippen LogP contribution < -0.4 is 0 Å². The van der Waals surface area contributed by atoms with Crippen LogP contribution in [0.5, 0.6) is 0 Å². The molecule has 0 saturated heterocycles. The first kappa shape index (κ1) is 15.2. The Labute approximate surface area is 131 Å². The predicted molar refractivity (Wildman–Crippen MR) is 83.8 cm³/mol. The fourth-order valence-corrected chi connectivity index (χ4v) is 3.13. The fraction of sp³-hybridized carbons (Fsp3) is 0.133. The van der Waals surface area contributed by atoms with Gasteiger partial charge in [0, 0.05) is 15.7 Å². The number of aliphatic carboxylic acids is 1. The Bertz CT molecular complexity index is 612. The minimum atomic E-state index is -0.819. The van der Waals surface area contributed by atoms with Gasteiger partial charge in [0.2, 0.25) is 0 Å². The summed E-state index contributed by atoms with van der Waals surface area (Å²) in [5, 5.41) is 9.98. The molecule has 20 heavy (non-hydrogen) atoms. The van der Waals surface area contributed by atoms with Crippen LogP contribution >= 0.6 is 35.0 Å². The van der Waals surface area contributed by atoms with Gasteiger partial charge in [0.05, 0.1) is 11.4 Å². The van der Waals surface area contributed by atoms with Crippen LogP contribution in [-0.2, 0) is 17.0 Å². The predicted octanol–water partition coefficient (Wildman–Crippen LogP) is 4.91. The van der Waals surface area contributed by atoms with Crippen LogP contribution in [-0.4, -0.2) is 11.1 Å². The molecule has 0 unspecified atom stereocenters. The average Bonchev–Trinajstić information content (AvgIpc) is 2.39. The Morgan fingerprint density at radius 2 is 1.70 bits per heavy atom. The maximum Gasteiger partial charge on any atom is 0.307 e. The van der Waals surface area contributed by atoms with Gasteiger partial charge in [0.25, 0.3) is 0 Å². The molecule has 104 valence electrons. The first-order valence-electron chi connectivity index (χ1n) is 5.92. The zero-order chi connectivity index (χ0) is 14.5. The van der Waals surface area contributed by atoms with Gasteiger partial charge in [0.1, 0.15) is 0 Å². The van der Waals surface area contributed by atoms with E-state index in [0.29, 0.717) is 10.0 Å². The molecule has 1 N–H and O–H groups in total. The van der Waals surface area contributed by atoms with Gasteiger partial charge in [-0.15, -0.1) is 11.8 Å². The van der Waals surface area contributed by atoms with E-state index in [-0.39, 0.29) is 6.42 Å². The van der Waals surface area contributed by atoms with Crippen molar-refractivity contribution in [3.8, 4) is 0 Å². The molecule has 2 nitrogen and oxygen atoms in total. The maximum absolute atomic E-state index is 10.6. The third-order valence-electron chi connectivity index (χ3n) is 2.67. The number of carboxylic acid groups (broad SMARTS) is 1. The third kappa shape index (κ3) is 4.44. The van der Waals surface area contributed by atoms with Crippen LogP contribution in [0.4, 0.5) is 0 Å². The van der Waals surface area contributed by atoms with E-state index in [0.717, 1.165) is 21.8 Å². The van der Waals surface area contributed by atoms with Gasteiger partial charge in [-0.1, -0.05) is 47.5 Å². The summed E-state index contributed by atoms with van der Waals surface area (Å²) in [6.07, 6.45) is 0.0520. The number of hydrogen-bond donors (Lipinski definition) is 1. The number of carbonyl (C=O) groups is 1. The maximum atomic E-state index is 10.6. The summed E-state index contributed by atoms with van der Waals surface area (Å²) in [7, 11) is 0. The second kappa shape index (κ2) is 7.02. The second-order valence-electron chi connectivity index (χ2n) is 4.25. The van der Waals surface area contributed by atoms with Gasteiger partial charge in [0.15, 0.2) is 0 Å². The SMILES string of the molecule is O=C(O)Cc1ccc(CSc2ccc(Cl)cc2Cl)cc1. The first-order valence-corrected chi connectivity index (χ1v) is 7.66. The number of rotatable bonds is 5. The molecule has 0 radical (unpaired) electrons. The number of carboxylic acids is 1. The summed E-state index contributed by atoms with van der Waals surface area (Å²) in [5.41, 5.74) is 1.92. The van der Waals surface area contributed by atoms with E-state index in [1.165, 1.54) is 0 Å². The van der Waals surface area contributed by atoms with E-state index >= 15 is 0 Å². The number of halogens is 2. The minimum absolute atomic E-state index is 0.0520. The van der Waals surface area contributed by atoms with Gasteiger partial charge in [-0.3, -0.25) is 4.79 Å². The van der Waals surface area contributed by atoms with Crippen molar-refractivity contribution in [2.24, 2.45) is 0 Å². The summed E-state index contributed by atoms with van der Waals surface area (Å²) in [4.78, 5) is 11.6. The Morgan fingerprint density at radius 3 is 2.30 bits per heavy atom. The lowest BCUT2D eigenvalue weighted by Crippen LogP contribution is -1.99. The van der Waals surface area contributed by atoms with Gasteiger partial charge in [-0.05, 0) is 29.3 Å². The minimum Gasteiger partial charge on any atom is -0.481 e.